The van der Waals surface area contributed by atoms with E-state index in [1.165, 1.54) is 5.56 Å². The van der Waals surface area contributed by atoms with Gasteiger partial charge in [0.05, 0.1) is 49.9 Å². The van der Waals surface area contributed by atoms with Crippen molar-refractivity contribution >= 4 is 38.8 Å². The van der Waals surface area contributed by atoms with Gasteiger partial charge in [-0.3, -0.25) is 0 Å². The van der Waals surface area contributed by atoms with Gasteiger partial charge in [0.25, 0.3) is 0 Å². The Morgan fingerprint density at radius 2 is 0.654 bits per heavy atom. The molecule has 28 heteroatoms. The van der Waals surface area contributed by atoms with Crippen molar-refractivity contribution in [3.63, 3.8) is 0 Å². The molecule has 0 N–H and O–H groups in total. The fraction of sp³-hybridized carbons (Fsp3) is 0.200. The first-order valence-electron chi connectivity index (χ1n) is 21.5. The highest BCUT2D eigenvalue weighted by Crippen LogP contribution is 2.41. The van der Waals surface area contributed by atoms with Crippen LogP contribution in [-0.2, 0) is 56.0 Å². The largest absolute Gasteiger partial charge is 0.428 e. The monoisotopic (exact) mass is 1140 g/mol. The maximum absolute atomic E-state index is 14.2. The molecule has 0 saturated heterocycles. The number of rotatable bonds is 8. The summed E-state index contributed by atoms with van der Waals surface area (Å²) in [5, 5.41) is 10.9. The standard InChI is InChI=1S/C32H12BF24.C18H15N2O/c34-25(35,36)13-1-14(26(37,38)39)6-21(5-13)33(22-7-15(27(40,41)42)2-16(8-22)28(43,44)45,23-9-17(29(46,47)48)3-18(10-23)30(49,50)51)24-11-19(31(52,53)54)4-20(12-24)32(55,56)57;19-11-13-21-18-17-9-5-4-8-16(17)10-12-20(18)14-15-6-2-1-3-7-15/h1-12H;1-10,12H,13-14H2/q-1;+1. The lowest BCUT2D eigenvalue weighted by Gasteiger charge is -2.46. The zero-order valence-electron chi connectivity index (χ0n) is 38.1. The molecule has 0 atom stereocenters. The summed E-state index contributed by atoms with van der Waals surface area (Å²) >= 11 is 0. The Morgan fingerprint density at radius 3 is 0.936 bits per heavy atom. The predicted octanol–water partition coefficient (Wildman–Crippen LogP) is 14.3. The van der Waals surface area contributed by atoms with Crippen molar-refractivity contribution in [1.29, 1.82) is 5.26 Å². The van der Waals surface area contributed by atoms with Crippen molar-refractivity contribution in [2.75, 3.05) is 6.61 Å². The average Bonchev–Trinajstić information content (AvgIpc) is 3.35. The molecule has 0 spiro atoms. The van der Waals surface area contributed by atoms with Gasteiger partial charge in [0.15, 0.2) is 19.3 Å². The fourth-order valence-corrected chi connectivity index (χ4v) is 8.47. The molecule has 0 fully saturated rings. The normalized spacial score (nSPS) is 13.2. The number of hydrogen-bond acceptors (Lipinski definition) is 2. The Bertz CT molecular complexity index is 2900. The second kappa shape index (κ2) is 21.0. The van der Waals surface area contributed by atoms with Crippen LogP contribution in [0.4, 0.5) is 105 Å². The van der Waals surface area contributed by atoms with Crippen molar-refractivity contribution in [2.24, 2.45) is 0 Å². The summed E-state index contributed by atoms with van der Waals surface area (Å²) in [6, 6.07) is 13.5. The van der Waals surface area contributed by atoms with E-state index >= 15 is 0 Å². The summed E-state index contributed by atoms with van der Waals surface area (Å²) in [4.78, 5) is 0. The van der Waals surface area contributed by atoms with Gasteiger partial charge in [-0.25, -0.2) is 0 Å². The van der Waals surface area contributed by atoms with Crippen LogP contribution in [0.25, 0.3) is 10.8 Å². The molecule has 0 amide bonds. The van der Waals surface area contributed by atoms with Gasteiger partial charge in [0, 0.05) is 11.6 Å². The minimum absolute atomic E-state index is 0.0444. The van der Waals surface area contributed by atoms with Crippen LogP contribution in [0.1, 0.15) is 50.1 Å². The van der Waals surface area contributed by atoms with Crippen molar-refractivity contribution < 1.29 is 115 Å². The quantitative estimate of drug-likeness (QED) is 0.0864. The molecule has 1 heterocycles. The maximum atomic E-state index is 14.2. The lowest BCUT2D eigenvalue weighted by Crippen LogP contribution is -2.75. The molecule has 0 bridgehead atoms. The Morgan fingerprint density at radius 1 is 0.372 bits per heavy atom. The summed E-state index contributed by atoms with van der Waals surface area (Å²) in [5.41, 5.74) is -29.0. The van der Waals surface area contributed by atoms with Crippen molar-refractivity contribution in [3.8, 4) is 11.9 Å². The highest BCUT2D eigenvalue weighted by Gasteiger charge is 2.47. The molecule has 0 saturated carbocycles. The topological polar surface area (TPSA) is 36.9 Å². The molecule has 7 aromatic rings. The van der Waals surface area contributed by atoms with Crippen LogP contribution < -0.4 is 31.2 Å². The van der Waals surface area contributed by atoms with E-state index in [1.807, 2.05) is 59.3 Å². The molecule has 7 rings (SSSR count). The third-order valence-electron chi connectivity index (χ3n) is 11.8. The number of pyridine rings is 1. The van der Waals surface area contributed by atoms with Crippen LogP contribution in [0.5, 0.6) is 5.88 Å². The van der Waals surface area contributed by atoms with E-state index in [9.17, 15) is 105 Å². The minimum atomic E-state index is -6.13. The Kier molecular flexibility index (Phi) is 16.0. The first-order chi connectivity index (χ1) is 35.6. The van der Waals surface area contributed by atoms with Crippen LogP contribution in [0.2, 0.25) is 0 Å². The third kappa shape index (κ3) is 13.4. The molecular formula is C50H27BF24N2O. The van der Waals surface area contributed by atoms with Gasteiger partial charge in [0.1, 0.15) is 12.2 Å². The third-order valence-corrected chi connectivity index (χ3v) is 11.8. The van der Waals surface area contributed by atoms with Crippen molar-refractivity contribution in [3.05, 3.63) is 190 Å². The minimum Gasteiger partial charge on any atom is -0.428 e. The molecule has 6 aromatic carbocycles. The SMILES string of the molecule is FC(F)(F)c1cc([B-](c2cc(C(F)(F)F)cc(C(F)(F)F)c2)(c2cc(C(F)(F)F)cc(C(F)(F)F)c2)c2cc(C(F)(F)F)cc(C(F)(F)F)c2)cc(C(F)(F)F)c1.N#CCOc1c2ccccc2cc[n+]1Cc1ccccc1. The Labute approximate surface area is 422 Å². The zero-order valence-corrected chi connectivity index (χ0v) is 38.1. The summed E-state index contributed by atoms with van der Waals surface area (Å²) in [7, 11) is 0. The number of hydrogen-bond donors (Lipinski definition) is 0. The van der Waals surface area contributed by atoms with Gasteiger partial charge in [-0.1, -0.05) is 97.1 Å². The zero-order chi connectivity index (χ0) is 58.4. The highest BCUT2D eigenvalue weighted by molar-refractivity contribution is 7.20. The summed E-state index contributed by atoms with van der Waals surface area (Å²) in [6.07, 6.45) is -52.8. The molecule has 0 aliphatic carbocycles. The first-order valence-corrected chi connectivity index (χ1v) is 21.5. The van der Waals surface area contributed by atoms with Gasteiger partial charge in [-0.05, 0) is 35.7 Å². The van der Waals surface area contributed by atoms with Gasteiger partial charge in [0.2, 0.25) is 0 Å². The summed E-state index contributed by atoms with van der Waals surface area (Å²) < 4.78 is 349. The van der Waals surface area contributed by atoms with Crippen LogP contribution in [-0.4, -0.2) is 12.8 Å². The van der Waals surface area contributed by atoms with E-state index in [0.29, 0.717) is 6.54 Å². The van der Waals surface area contributed by atoms with Gasteiger partial charge in [-0.2, -0.15) is 137 Å². The molecule has 78 heavy (non-hydrogen) atoms. The van der Waals surface area contributed by atoms with Gasteiger partial charge < -0.3 is 4.74 Å². The van der Waals surface area contributed by atoms with E-state index in [4.69, 9.17) is 10.00 Å². The molecular weight excluding hydrogens is 1110 g/mol. The summed E-state index contributed by atoms with van der Waals surface area (Å²) in [5.74, 6) is 0.735. The molecule has 0 aliphatic heterocycles. The van der Waals surface area contributed by atoms with E-state index in [1.54, 1.807) is 0 Å². The fourth-order valence-electron chi connectivity index (χ4n) is 8.47. The number of benzene rings is 6. The predicted molar refractivity (Wildman–Crippen MR) is 231 cm³/mol. The number of alkyl halides is 24. The number of aromatic nitrogens is 1. The lowest BCUT2D eigenvalue weighted by molar-refractivity contribution is -0.692. The van der Waals surface area contributed by atoms with Gasteiger partial charge >= 0.3 is 55.3 Å². The van der Waals surface area contributed by atoms with Gasteiger partial charge in [-0.15, -0.1) is 0 Å². The van der Waals surface area contributed by atoms with Crippen LogP contribution >= 0.6 is 0 Å². The molecule has 0 radical (unpaired) electrons. The smallest absolute Gasteiger partial charge is 0.416 e. The molecule has 0 aliphatic rings. The Balaban J connectivity index is 0.000000387. The average molecular weight is 1140 g/mol. The number of halogens is 24. The van der Waals surface area contributed by atoms with Crippen molar-refractivity contribution in [1.82, 2.24) is 0 Å². The first kappa shape index (κ1) is 59.6. The van der Waals surface area contributed by atoms with Crippen LogP contribution in [0.15, 0.2) is 140 Å². The molecule has 3 nitrogen and oxygen atoms in total. The lowest BCUT2D eigenvalue weighted by atomic mass is 9.12. The maximum Gasteiger partial charge on any atom is 0.416 e. The number of nitriles is 1. The van der Waals surface area contributed by atoms with E-state index in [0.717, 1.165) is 16.7 Å². The number of ether oxygens (including phenoxy) is 1. The Hall–Kier alpha value is -7.60. The highest BCUT2D eigenvalue weighted by atomic mass is 19.4. The van der Waals surface area contributed by atoms with E-state index in [2.05, 4.69) is 18.2 Å². The molecule has 1 aromatic heterocycles. The number of nitrogens with zero attached hydrogens (tertiary/aromatic N) is 2. The second-order valence-corrected chi connectivity index (χ2v) is 17.0. The second-order valence-electron chi connectivity index (χ2n) is 17.0. The molecule has 0 unspecified atom stereocenters. The molecule has 414 valence electrons. The van der Waals surface area contributed by atoms with E-state index < -0.39 is 195 Å². The summed E-state index contributed by atoms with van der Waals surface area (Å²) in [6.45, 7) is 0.759. The van der Waals surface area contributed by atoms with Crippen LogP contribution in [0.3, 0.4) is 0 Å². The number of fused-ring (bicyclic) bond motifs is 1. The van der Waals surface area contributed by atoms with E-state index in [-0.39, 0.29) is 6.61 Å². The van der Waals surface area contributed by atoms with Crippen molar-refractivity contribution in [2.45, 2.75) is 56.0 Å². The van der Waals surface area contributed by atoms with Crippen LogP contribution in [0, 0.1) is 11.3 Å².